The Balaban J connectivity index is 2.42. The lowest BCUT2D eigenvalue weighted by molar-refractivity contribution is -0.139. The number of aliphatic carboxylic acids is 1. The van der Waals surface area contributed by atoms with Gasteiger partial charge in [-0.25, -0.2) is 14.0 Å². The molecule has 1 atom stereocenters. The van der Waals surface area contributed by atoms with E-state index >= 15 is 0 Å². The average molecular weight is 268 g/mol. The number of carboxylic acid groups (broad SMARTS) is 1. The van der Waals surface area contributed by atoms with Crippen LogP contribution in [0.1, 0.15) is 25.3 Å². The number of benzene rings is 1. The molecule has 19 heavy (non-hydrogen) atoms. The van der Waals surface area contributed by atoms with Crippen LogP contribution in [-0.2, 0) is 11.3 Å². The van der Waals surface area contributed by atoms with Crippen molar-refractivity contribution in [2.45, 2.75) is 32.4 Å². The lowest BCUT2D eigenvalue weighted by Crippen LogP contribution is -2.45. The summed E-state index contributed by atoms with van der Waals surface area (Å²) in [5, 5.41) is 13.8. The predicted molar refractivity (Wildman–Crippen MR) is 68.1 cm³/mol. The van der Waals surface area contributed by atoms with Gasteiger partial charge in [0, 0.05) is 6.54 Å². The van der Waals surface area contributed by atoms with Gasteiger partial charge in [0.05, 0.1) is 0 Å². The van der Waals surface area contributed by atoms with Crippen molar-refractivity contribution in [3.63, 3.8) is 0 Å². The van der Waals surface area contributed by atoms with E-state index in [9.17, 15) is 14.0 Å². The minimum Gasteiger partial charge on any atom is -0.480 e. The van der Waals surface area contributed by atoms with Crippen molar-refractivity contribution in [1.82, 2.24) is 10.6 Å². The molecule has 104 valence electrons. The van der Waals surface area contributed by atoms with Gasteiger partial charge in [0.2, 0.25) is 0 Å². The highest BCUT2D eigenvalue weighted by Gasteiger charge is 2.18. The van der Waals surface area contributed by atoms with E-state index in [1.165, 1.54) is 12.1 Å². The van der Waals surface area contributed by atoms with Gasteiger partial charge >= 0.3 is 12.0 Å². The Bertz CT molecular complexity index is 434. The monoisotopic (exact) mass is 268 g/mol. The molecular weight excluding hydrogens is 251 g/mol. The van der Waals surface area contributed by atoms with E-state index in [-0.39, 0.29) is 12.4 Å². The van der Waals surface area contributed by atoms with Crippen LogP contribution in [0.2, 0.25) is 0 Å². The largest absolute Gasteiger partial charge is 0.480 e. The second kappa shape index (κ2) is 7.35. The minimum atomic E-state index is -1.06. The average Bonchev–Trinajstić information content (AvgIpc) is 2.37. The maximum absolute atomic E-state index is 12.7. The van der Waals surface area contributed by atoms with Crippen LogP contribution in [-0.4, -0.2) is 23.1 Å². The van der Waals surface area contributed by atoms with E-state index in [2.05, 4.69) is 10.6 Å². The Morgan fingerprint density at radius 1 is 1.32 bits per heavy atom. The van der Waals surface area contributed by atoms with E-state index in [0.29, 0.717) is 12.8 Å². The number of carboxylic acids is 1. The van der Waals surface area contributed by atoms with Gasteiger partial charge in [0.25, 0.3) is 0 Å². The molecule has 0 heterocycles. The van der Waals surface area contributed by atoms with Gasteiger partial charge in [-0.05, 0) is 24.1 Å². The number of amides is 2. The van der Waals surface area contributed by atoms with Crippen LogP contribution in [0.4, 0.5) is 9.18 Å². The highest BCUT2D eigenvalue weighted by molar-refractivity contribution is 5.82. The lowest BCUT2D eigenvalue weighted by Gasteiger charge is -2.14. The zero-order chi connectivity index (χ0) is 14.3. The molecule has 0 aliphatic carbocycles. The SMILES string of the molecule is CCC[C@@H](NC(=O)NCc1ccc(F)cc1)C(=O)O. The van der Waals surface area contributed by atoms with E-state index in [1.807, 2.05) is 6.92 Å². The summed E-state index contributed by atoms with van der Waals surface area (Å²) in [5.74, 6) is -1.40. The molecule has 1 aromatic carbocycles. The molecule has 3 N–H and O–H groups in total. The van der Waals surface area contributed by atoms with Gasteiger partial charge in [-0.2, -0.15) is 0 Å². The molecule has 0 spiro atoms. The maximum atomic E-state index is 12.7. The molecule has 0 saturated carbocycles. The quantitative estimate of drug-likeness (QED) is 0.737. The first-order valence-corrected chi connectivity index (χ1v) is 6.04. The van der Waals surface area contributed by atoms with Gasteiger partial charge < -0.3 is 15.7 Å². The second-order valence-corrected chi connectivity index (χ2v) is 4.13. The van der Waals surface area contributed by atoms with E-state index in [4.69, 9.17) is 5.11 Å². The van der Waals surface area contributed by atoms with Crippen molar-refractivity contribution >= 4 is 12.0 Å². The molecule has 0 saturated heterocycles. The number of carbonyl (C=O) groups excluding carboxylic acids is 1. The first-order valence-electron chi connectivity index (χ1n) is 6.04. The van der Waals surface area contributed by atoms with Crippen LogP contribution in [0.15, 0.2) is 24.3 Å². The molecule has 1 aromatic rings. The number of urea groups is 1. The normalized spacial score (nSPS) is 11.7. The molecule has 0 radical (unpaired) electrons. The van der Waals surface area contributed by atoms with Crippen molar-refractivity contribution in [3.05, 3.63) is 35.6 Å². The van der Waals surface area contributed by atoms with E-state index in [1.54, 1.807) is 12.1 Å². The fourth-order valence-corrected chi connectivity index (χ4v) is 1.54. The summed E-state index contributed by atoms with van der Waals surface area (Å²) in [5.41, 5.74) is 0.735. The highest BCUT2D eigenvalue weighted by atomic mass is 19.1. The fourth-order valence-electron chi connectivity index (χ4n) is 1.54. The predicted octanol–water partition coefficient (Wildman–Crippen LogP) is 1.88. The Hall–Kier alpha value is -2.11. The summed E-state index contributed by atoms with van der Waals surface area (Å²) < 4.78 is 12.7. The zero-order valence-electron chi connectivity index (χ0n) is 10.6. The van der Waals surface area contributed by atoms with E-state index < -0.39 is 18.0 Å². The molecule has 0 unspecified atom stereocenters. The van der Waals surface area contributed by atoms with Crippen LogP contribution in [0.5, 0.6) is 0 Å². The summed E-state index contributed by atoms with van der Waals surface area (Å²) in [6.45, 7) is 2.05. The Morgan fingerprint density at radius 2 is 1.95 bits per heavy atom. The first kappa shape index (κ1) is 14.9. The third-order valence-corrected chi connectivity index (χ3v) is 2.55. The summed E-state index contributed by atoms with van der Waals surface area (Å²) in [6.07, 6.45) is 1.04. The smallest absolute Gasteiger partial charge is 0.326 e. The summed E-state index contributed by atoms with van der Waals surface area (Å²) >= 11 is 0. The standard InChI is InChI=1S/C13H17FN2O3/c1-2-3-11(12(17)18)16-13(19)15-8-9-4-6-10(14)7-5-9/h4-7,11H,2-3,8H2,1H3,(H,17,18)(H2,15,16,19)/t11-/m1/s1. The van der Waals surface area contributed by atoms with Crippen LogP contribution < -0.4 is 10.6 Å². The molecule has 0 bridgehead atoms. The maximum Gasteiger partial charge on any atom is 0.326 e. The topological polar surface area (TPSA) is 78.4 Å². The summed E-state index contributed by atoms with van der Waals surface area (Å²) in [6, 6.07) is 4.26. The van der Waals surface area contributed by atoms with Crippen LogP contribution in [0.25, 0.3) is 0 Å². The molecule has 0 fully saturated rings. The van der Waals surface area contributed by atoms with Gasteiger partial charge in [-0.3, -0.25) is 0 Å². The van der Waals surface area contributed by atoms with Crippen molar-refractivity contribution < 1.29 is 19.1 Å². The van der Waals surface area contributed by atoms with Crippen molar-refractivity contribution in [2.24, 2.45) is 0 Å². The molecule has 0 aliphatic heterocycles. The van der Waals surface area contributed by atoms with Crippen LogP contribution in [0.3, 0.4) is 0 Å². The van der Waals surface area contributed by atoms with Crippen molar-refractivity contribution in [1.29, 1.82) is 0 Å². The molecule has 0 aliphatic rings. The first-order chi connectivity index (χ1) is 9.02. The molecule has 2 amide bonds. The number of carbonyl (C=O) groups is 2. The number of rotatable bonds is 6. The van der Waals surface area contributed by atoms with Crippen molar-refractivity contribution in [2.75, 3.05) is 0 Å². The molecule has 6 heteroatoms. The fraction of sp³-hybridized carbons (Fsp3) is 0.385. The van der Waals surface area contributed by atoms with Crippen LogP contribution in [0, 0.1) is 5.82 Å². The highest BCUT2D eigenvalue weighted by Crippen LogP contribution is 2.02. The number of nitrogens with one attached hydrogen (secondary N) is 2. The third kappa shape index (κ3) is 5.37. The van der Waals surface area contributed by atoms with Gasteiger partial charge in [0.15, 0.2) is 0 Å². The second-order valence-electron chi connectivity index (χ2n) is 4.13. The van der Waals surface area contributed by atoms with Gasteiger partial charge in [0.1, 0.15) is 11.9 Å². The van der Waals surface area contributed by atoms with Crippen LogP contribution >= 0.6 is 0 Å². The van der Waals surface area contributed by atoms with E-state index in [0.717, 1.165) is 5.56 Å². The minimum absolute atomic E-state index is 0.213. The molecule has 0 aromatic heterocycles. The Labute approximate surface area is 110 Å². The molecule has 1 rings (SSSR count). The summed E-state index contributed by atoms with van der Waals surface area (Å²) in [4.78, 5) is 22.4. The Kier molecular flexibility index (Phi) is 5.78. The van der Waals surface area contributed by atoms with Gasteiger partial charge in [-0.1, -0.05) is 25.5 Å². The number of hydrogen-bond acceptors (Lipinski definition) is 2. The van der Waals surface area contributed by atoms with Crippen molar-refractivity contribution in [3.8, 4) is 0 Å². The Morgan fingerprint density at radius 3 is 2.47 bits per heavy atom. The third-order valence-electron chi connectivity index (χ3n) is 2.55. The number of halogens is 1. The molecular formula is C13H17FN2O3. The van der Waals surface area contributed by atoms with Gasteiger partial charge in [-0.15, -0.1) is 0 Å². The molecule has 5 nitrogen and oxygen atoms in total. The zero-order valence-corrected chi connectivity index (χ0v) is 10.6. The lowest BCUT2D eigenvalue weighted by atomic mass is 10.2. The summed E-state index contributed by atoms with van der Waals surface area (Å²) in [7, 11) is 0. The number of hydrogen-bond donors (Lipinski definition) is 3.